The SMILES string of the molecule is CC/C=C\C/C=C\C/C=C\C/C=C\C/C=C\CC(=O)OC(COC(=O)CC)COP(=O)(O)OCC(N)C(=O)O. The van der Waals surface area contributed by atoms with Crippen LogP contribution < -0.4 is 5.73 Å². The number of rotatable bonds is 22. The van der Waals surface area contributed by atoms with Crippen LogP contribution in [0.25, 0.3) is 0 Å². The minimum atomic E-state index is -4.70. The lowest BCUT2D eigenvalue weighted by atomic mass is 10.2. The van der Waals surface area contributed by atoms with Crippen molar-refractivity contribution in [3.8, 4) is 0 Å². The molecule has 220 valence electrons. The fraction of sp³-hybridized carbons (Fsp3) is 0.519. The molecule has 0 fully saturated rings. The summed E-state index contributed by atoms with van der Waals surface area (Å²) in [5.74, 6) is -2.66. The van der Waals surface area contributed by atoms with E-state index < -0.39 is 57.7 Å². The zero-order valence-corrected chi connectivity index (χ0v) is 23.6. The number of nitrogens with two attached hydrogens (primary N) is 1. The molecular weight excluding hydrogens is 529 g/mol. The third-order valence-corrected chi connectivity index (χ3v) is 5.57. The van der Waals surface area contributed by atoms with Gasteiger partial charge in [-0.15, -0.1) is 0 Å². The van der Waals surface area contributed by atoms with Gasteiger partial charge in [-0.1, -0.05) is 74.6 Å². The molecule has 0 saturated carbocycles. The van der Waals surface area contributed by atoms with Crippen LogP contribution >= 0.6 is 7.82 Å². The van der Waals surface area contributed by atoms with Crippen molar-refractivity contribution in [1.82, 2.24) is 0 Å². The Hall–Kier alpha value is -2.82. The summed E-state index contributed by atoms with van der Waals surface area (Å²) in [4.78, 5) is 44.0. The van der Waals surface area contributed by atoms with E-state index in [9.17, 15) is 23.8 Å². The maximum absolute atomic E-state index is 12.2. The van der Waals surface area contributed by atoms with Crippen molar-refractivity contribution in [1.29, 1.82) is 0 Å². The molecule has 0 radical (unpaired) electrons. The summed E-state index contributed by atoms with van der Waals surface area (Å²) in [7, 11) is -4.70. The Morgan fingerprint density at radius 3 is 1.74 bits per heavy atom. The largest absolute Gasteiger partial charge is 0.480 e. The number of carboxylic acids is 1. The van der Waals surface area contributed by atoms with E-state index in [4.69, 9.17) is 24.8 Å². The van der Waals surface area contributed by atoms with Crippen LogP contribution in [0.5, 0.6) is 0 Å². The quantitative estimate of drug-likeness (QED) is 0.0946. The third-order valence-electron chi connectivity index (χ3n) is 4.62. The number of aliphatic carboxylic acids is 1. The smallest absolute Gasteiger partial charge is 0.472 e. The molecular formula is C27H42NO10P. The molecule has 0 aliphatic carbocycles. The van der Waals surface area contributed by atoms with Crippen LogP contribution in [0.2, 0.25) is 0 Å². The highest BCUT2D eigenvalue weighted by atomic mass is 31.2. The van der Waals surface area contributed by atoms with E-state index in [1.54, 1.807) is 19.1 Å². The zero-order chi connectivity index (χ0) is 29.4. The van der Waals surface area contributed by atoms with Crippen molar-refractivity contribution in [3.63, 3.8) is 0 Å². The van der Waals surface area contributed by atoms with Gasteiger partial charge in [0.25, 0.3) is 0 Å². The molecule has 39 heavy (non-hydrogen) atoms. The number of phosphoric ester groups is 1. The zero-order valence-electron chi connectivity index (χ0n) is 22.7. The van der Waals surface area contributed by atoms with E-state index in [1.807, 2.05) is 12.2 Å². The summed E-state index contributed by atoms with van der Waals surface area (Å²) in [6, 6.07) is -1.53. The second-order valence-corrected chi connectivity index (χ2v) is 9.52. The fourth-order valence-corrected chi connectivity index (χ4v) is 3.31. The minimum Gasteiger partial charge on any atom is -0.480 e. The third kappa shape index (κ3) is 22.8. The molecule has 0 amide bonds. The highest BCUT2D eigenvalue weighted by Crippen LogP contribution is 2.43. The number of allylic oxidation sites excluding steroid dienone is 9. The van der Waals surface area contributed by atoms with Crippen LogP contribution in [-0.2, 0) is 37.5 Å². The Labute approximate surface area is 230 Å². The summed E-state index contributed by atoms with van der Waals surface area (Å²) < 4.78 is 31.3. The van der Waals surface area contributed by atoms with Gasteiger partial charge in [0.2, 0.25) is 0 Å². The number of esters is 2. The fourth-order valence-electron chi connectivity index (χ4n) is 2.53. The molecule has 0 rings (SSSR count). The maximum Gasteiger partial charge on any atom is 0.472 e. The van der Waals surface area contributed by atoms with Crippen molar-refractivity contribution >= 4 is 25.7 Å². The highest BCUT2D eigenvalue weighted by molar-refractivity contribution is 7.47. The van der Waals surface area contributed by atoms with E-state index >= 15 is 0 Å². The molecule has 0 spiro atoms. The Morgan fingerprint density at radius 1 is 0.769 bits per heavy atom. The van der Waals surface area contributed by atoms with Crippen LogP contribution in [0.3, 0.4) is 0 Å². The van der Waals surface area contributed by atoms with Gasteiger partial charge in [-0.3, -0.25) is 23.4 Å². The maximum atomic E-state index is 12.2. The average Bonchev–Trinajstić information content (AvgIpc) is 2.90. The van der Waals surface area contributed by atoms with Crippen molar-refractivity contribution in [3.05, 3.63) is 60.8 Å². The van der Waals surface area contributed by atoms with Crippen molar-refractivity contribution < 1.29 is 47.5 Å². The topological polar surface area (TPSA) is 172 Å². The normalized spacial score (nSPS) is 15.4. The molecule has 12 heteroatoms. The first-order valence-electron chi connectivity index (χ1n) is 12.8. The molecule has 3 unspecified atom stereocenters. The second-order valence-electron chi connectivity index (χ2n) is 8.07. The minimum absolute atomic E-state index is 0.0769. The lowest BCUT2D eigenvalue weighted by Crippen LogP contribution is -2.34. The predicted octanol–water partition coefficient (Wildman–Crippen LogP) is 4.54. The molecule has 0 heterocycles. The van der Waals surface area contributed by atoms with Gasteiger partial charge in [0, 0.05) is 6.42 Å². The van der Waals surface area contributed by atoms with Crippen LogP contribution in [0.15, 0.2) is 60.8 Å². The number of carboxylic acid groups (broad SMARTS) is 1. The molecule has 0 aromatic rings. The summed E-state index contributed by atoms with van der Waals surface area (Å²) >= 11 is 0. The number of phosphoric acid groups is 1. The van der Waals surface area contributed by atoms with Crippen molar-refractivity contribution in [2.24, 2.45) is 5.73 Å². The van der Waals surface area contributed by atoms with Gasteiger partial charge in [0.15, 0.2) is 6.10 Å². The van der Waals surface area contributed by atoms with Gasteiger partial charge in [-0.05, 0) is 32.1 Å². The number of carbonyl (C=O) groups is 3. The molecule has 0 aliphatic rings. The second kappa shape index (κ2) is 23.1. The summed E-state index contributed by atoms with van der Waals surface area (Å²) in [5.41, 5.74) is 5.22. The summed E-state index contributed by atoms with van der Waals surface area (Å²) in [6.07, 6.45) is 23.2. The van der Waals surface area contributed by atoms with E-state index in [2.05, 4.69) is 47.9 Å². The van der Waals surface area contributed by atoms with Gasteiger partial charge >= 0.3 is 25.7 Å². The monoisotopic (exact) mass is 571 g/mol. The van der Waals surface area contributed by atoms with Crippen LogP contribution in [-0.4, -0.2) is 59.9 Å². The Morgan fingerprint density at radius 2 is 1.26 bits per heavy atom. The van der Waals surface area contributed by atoms with Gasteiger partial charge in [-0.25, -0.2) is 4.57 Å². The molecule has 3 atom stereocenters. The van der Waals surface area contributed by atoms with Crippen molar-refractivity contribution in [2.45, 2.75) is 70.9 Å². The first-order chi connectivity index (χ1) is 18.6. The molecule has 0 saturated heterocycles. The Kier molecular flexibility index (Phi) is 21.4. The Bertz CT molecular complexity index is 910. The standard InChI is InChI=1S/C27H42NO10P/c1-3-5-6-7-8-9-10-11-12-13-14-15-16-17-18-19-26(30)38-23(20-35-25(29)4-2)21-36-39(33,34)37-22-24(28)27(31)32/h5-6,8-9,11-12,14-15,17-18,23-24H,3-4,7,10,13,16,19-22,28H2,1-2H3,(H,31,32)(H,33,34)/b6-5-,9-8-,12-11-,15-14-,18-17-. The molecule has 11 nitrogen and oxygen atoms in total. The number of ether oxygens (including phenoxy) is 2. The molecule has 4 N–H and O–H groups in total. The number of hydrogen-bond donors (Lipinski definition) is 3. The first-order valence-corrected chi connectivity index (χ1v) is 14.3. The van der Waals surface area contributed by atoms with Crippen molar-refractivity contribution in [2.75, 3.05) is 19.8 Å². The molecule has 0 aliphatic heterocycles. The lowest BCUT2D eigenvalue weighted by molar-refractivity contribution is -0.160. The van der Waals surface area contributed by atoms with Crippen LogP contribution in [0.4, 0.5) is 0 Å². The highest BCUT2D eigenvalue weighted by Gasteiger charge is 2.27. The number of carbonyl (C=O) groups excluding carboxylic acids is 2. The van der Waals surface area contributed by atoms with E-state index in [1.165, 1.54) is 0 Å². The summed E-state index contributed by atoms with van der Waals surface area (Å²) in [5, 5.41) is 8.71. The average molecular weight is 572 g/mol. The molecule has 0 aromatic carbocycles. The van der Waals surface area contributed by atoms with E-state index in [0.29, 0.717) is 6.42 Å². The predicted molar refractivity (Wildman–Crippen MR) is 148 cm³/mol. The van der Waals surface area contributed by atoms with Gasteiger partial charge in [0.1, 0.15) is 12.6 Å². The summed E-state index contributed by atoms with van der Waals surface area (Å²) in [6.45, 7) is 1.87. The number of hydrogen-bond acceptors (Lipinski definition) is 9. The van der Waals surface area contributed by atoms with Gasteiger partial charge in [-0.2, -0.15) is 0 Å². The van der Waals surface area contributed by atoms with Gasteiger partial charge in [0.05, 0.1) is 19.6 Å². The van der Waals surface area contributed by atoms with Crippen LogP contribution in [0, 0.1) is 0 Å². The first kappa shape index (κ1) is 36.2. The Balaban J connectivity index is 4.47. The molecule has 0 aromatic heterocycles. The van der Waals surface area contributed by atoms with E-state index in [-0.39, 0.29) is 12.8 Å². The lowest BCUT2D eigenvalue weighted by Gasteiger charge is -2.20. The van der Waals surface area contributed by atoms with Gasteiger partial charge < -0.3 is 25.2 Å². The van der Waals surface area contributed by atoms with Crippen LogP contribution in [0.1, 0.15) is 58.8 Å². The molecule has 0 bridgehead atoms. The van der Waals surface area contributed by atoms with E-state index in [0.717, 1.165) is 25.7 Å².